The SMILES string of the molecule is CC[C@H](C)NC(=O)COC(=O)c1ccc(S(=O)(=O)NCc2ccco2)cc1. The molecule has 0 radical (unpaired) electrons. The van der Waals surface area contributed by atoms with Crippen LogP contribution in [-0.2, 0) is 26.1 Å². The molecule has 0 bridgehead atoms. The van der Waals surface area contributed by atoms with E-state index in [1.54, 1.807) is 12.1 Å². The Morgan fingerprint density at radius 2 is 1.89 bits per heavy atom. The quantitative estimate of drug-likeness (QED) is 0.627. The van der Waals surface area contributed by atoms with Crippen LogP contribution in [0.5, 0.6) is 0 Å². The lowest BCUT2D eigenvalue weighted by molar-refractivity contribution is -0.124. The third-order valence-electron chi connectivity index (χ3n) is 3.77. The van der Waals surface area contributed by atoms with E-state index >= 15 is 0 Å². The molecule has 27 heavy (non-hydrogen) atoms. The molecular formula is C18H22N2O6S. The molecule has 2 N–H and O–H groups in total. The Bertz CT molecular complexity index is 860. The van der Waals surface area contributed by atoms with Crippen LogP contribution in [0.1, 0.15) is 36.4 Å². The molecule has 1 atom stereocenters. The van der Waals surface area contributed by atoms with Crippen molar-refractivity contribution in [2.75, 3.05) is 6.61 Å². The van der Waals surface area contributed by atoms with Crippen LogP contribution < -0.4 is 10.0 Å². The highest BCUT2D eigenvalue weighted by molar-refractivity contribution is 7.89. The molecular weight excluding hydrogens is 372 g/mol. The van der Waals surface area contributed by atoms with E-state index in [1.165, 1.54) is 30.5 Å². The van der Waals surface area contributed by atoms with Gasteiger partial charge in [-0.2, -0.15) is 0 Å². The molecule has 1 aromatic heterocycles. The smallest absolute Gasteiger partial charge is 0.338 e. The van der Waals surface area contributed by atoms with E-state index in [2.05, 4.69) is 10.0 Å². The van der Waals surface area contributed by atoms with Crippen LogP contribution >= 0.6 is 0 Å². The lowest BCUT2D eigenvalue weighted by Crippen LogP contribution is -2.35. The molecule has 0 aliphatic carbocycles. The maximum absolute atomic E-state index is 12.2. The summed E-state index contributed by atoms with van der Waals surface area (Å²) in [5, 5.41) is 2.68. The Kier molecular flexibility index (Phi) is 7.14. The zero-order valence-corrected chi connectivity index (χ0v) is 15.9. The van der Waals surface area contributed by atoms with Gasteiger partial charge in [-0.3, -0.25) is 4.79 Å². The molecule has 0 spiro atoms. The van der Waals surface area contributed by atoms with E-state index in [4.69, 9.17) is 9.15 Å². The van der Waals surface area contributed by atoms with Gasteiger partial charge in [0.15, 0.2) is 6.61 Å². The molecule has 0 unspecified atom stereocenters. The summed E-state index contributed by atoms with van der Waals surface area (Å²) >= 11 is 0. The summed E-state index contributed by atoms with van der Waals surface area (Å²) < 4.78 is 36.9. The van der Waals surface area contributed by atoms with Gasteiger partial charge in [-0.15, -0.1) is 0 Å². The van der Waals surface area contributed by atoms with Crippen molar-refractivity contribution in [2.24, 2.45) is 0 Å². The van der Waals surface area contributed by atoms with Crippen molar-refractivity contribution in [1.82, 2.24) is 10.0 Å². The van der Waals surface area contributed by atoms with Crippen LogP contribution in [0, 0.1) is 0 Å². The van der Waals surface area contributed by atoms with Crippen molar-refractivity contribution in [3.63, 3.8) is 0 Å². The summed E-state index contributed by atoms with van der Waals surface area (Å²) in [7, 11) is -3.75. The number of sulfonamides is 1. The fourth-order valence-electron chi connectivity index (χ4n) is 2.07. The van der Waals surface area contributed by atoms with Crippen molar-refractivity contribution in [2.45, 2.75) is 37.8 Å². The van der Waals surface area contributed by atoms with Crippen LogP contribution in [0.15, 0.2) is 52.0 Å². The van der Waals surface area contributed by atoms with Gasteiger partial charge < -0.3 is 14.5 Å². The number of nitrogens with one attached hydrogen (secondary N) is 2. The molecule has 8 nitrogen and oxygen atoms in total. The lowest BCUT2D eigenvalue weighted by atomic mass is 10.2. The number of ether oxygens (including phenoxy) is 1. The summed E-state index contributed by atoms with van der Waals surface area (Å²) in [5.74, 6) is -0.616. The maximum Gasteiger partial charge on any atom is 0.338 e. The number of rotatable bonds is 9. The number of hydrogen-bond donors (Lipinski definition) is 2. The molecule has 9 heteroatoms. The second kappa shape index (κ2) is 9.33. The summed E-state index contributed by atoms with van der Waals surface area (Å²) in [4.78, 5) is 23.6. The molecule has 0 aliphatic heterocycles. The fourth-order valence-corrected chi connectivity index (χ4v) is 3.06. The normalized spacial score (nSPS) is 12.4. The van der Waals surface area contributed by atoms with Crippen LogP contribution in [0.3, 0.4) is 0 Å². The van der Waals surface area contributed by atoms with Crippen LogP contribution in [0.4, 0.5) is 0 Å². The van der Waals surface area contributed by atoms with Gasteiger partial charge in [-0.25, -0.2) is 17.9 Å². The van der Waals surface area contributed by atoms with Gasteiger partial charge >= 0.3 is 5.97 Å². The Labute approximate surface area is 157 Å². The highest BCUT2D eigenvalue weighted by atomic mass is 32.2. The van der Waals surface area contributed by atoms with Crippen molar-refractivity contribution in [3.8, 4) is 0 Å². The van der Waals surface area contributed by atoms with E-state index < -0.39 is 22.6 Å². The Morgan fingerprint density at radius 1 is 1.19 bits per heavy atom. The topological polar surface area (TPSA) is 115 Å². The highest BCUT2D eigenvalue weighted by Gasteiger charge is 2.16. The van der Waals surface area contributed by atoms with Gasteiger partial charge in [0.1, 0.15) is 5.76 Å². The van der Waals surface area contributed by atoms with E-state index in [1.807, 2.05) is 13.8 Å². The molecule has 0 aliphatic rings. The maximum atomic E-state index is 12.2. The number of amides is 1. The largest absolute Gasteiger partial charge is 0.468 e. The van der Waals surface area contributed by atoms with Gasteiger partial charge in [-0.05, 0) is 49.7 Å². The summed E-state index contributed by atoms with van der Waals surface area (Å²) in [5.41, 5.74) is 0.149. The molecule has 1 heterocycles. The predicted octanol–water partition coefficient (Wildman–Crippen LogP) is 1.83. The van der Waals surface area contributed by atoms with Gasteiger partial charge in [-0.1, -0.05) is 6.92 Å². The molecule has 1 aromatic carbocycles. The minimum atomic E-state index is -3.75. The minimum Gasteiger partial charge on any atom is -0.468 e. The summed E-state index contributed by atoms with van der Waals surface area (Å²) in [6, 6.07) is 8.55. The van der Waals surface area contributed by atoms with Gasteiger partial charge in [0.25, 0.3) is 5.91 Å². The monoisotopic (exact) mass is 394 g/mol. The van der Waals surface area contributed by atoms with E-state index in [9.17, 15) is 18.0 Å². The number of hydrogen-bond acceptors (Lipinski definition) is 6. The second-order valence-electron chi connectivity index (χ2n) is 5.88. The molecule has 0 saturated carbocycles. The average Bonchev–Trinajstić information content (AvgIpc) is 3.18. The van der Waals surface area contributed by atoms with Crippen molar-refractivity contribution in [1.29, 1.82) is 0 Å². The van der Waals surface area contributed by atoms with Crippen LogP contribution in [0.2, 0.25) is 0 Å². The van der Waals surface area contributed by atoms with E-state index in [-0.39, 0.29) is 29.0 Å². The Hall–Kier alpha value is -2.65. The van der Waals surface area contributed by atoms with Crippen LogP contribution in [-0.4, -0.2) is 32.9 Å². The van der Waals surface area contributed by atoms with E-state index in [0.29, 0.717) is 5.76 Å². The summed E-state index contributed by atoms with van der Waals surface area (Å²) in [6.07, 6.45) is 2.22. The number of benzene rings is 1. The highest BCUT2D eigenvalue weighted by Crippen LogP contribution is 2.12. The van der Waals surface area contributed by atoms with Gasteiger partial charge in [0, 0.05) is 6.04 Å². The summed E-state index contributed by atoms with van der Waals surface area (Å²) in [6.45, 7) is 3.40. The zero-order valence-electron chi connectivity index (χ0n) is 15.1. The number of furan rings is 1. The number of carbonyl (C=O) groups excluding carboxylic acids is 2. The lowest BCUT2D eigenvalue weighted by Gasteiger charge is -2.11. The van der Waals surface area contributed by atoms with Crippen molar-refractivity contribution in [3.05, 3.63) is 54.0 Å². The average molecular weight is 394 g/mol. The number of carbonyl (C=O) groups is 2. The first-order valence-corrected chi connectivity index (χ1v) is 9.88. The van der Waals surface area contributed by atoms with Gasteiger partial charge in [0.2, 0.25) is 10.0 Å². The van der Waals surface area contributed by atoms with Crippen molar-refractivity contribution < 1.29 is 27.2 Å². The van der Waals surface area contributed by atoms with Gasteiger partial charge in [0.05, 0.1) is 23.3 Å². The molecule has 146 valence electrons. The molecule has 2 aromatic rings. The standard InChI is InChI=1S/C18H22N2O6S/c1-3-13(2)20-17(21)12-26-18(22)14-6-8-16(9-7-14)27(23,24)19-11-15-5-4-10-25-15/h4-10,13,19H,3,11-12H2,1-2H3,(H,20,21)/t13-/m0/s1. The minimum absolute atomic E-state index is 0.000111. The zero-order chi connectivity index (χ0) is 19.9. The molecule has 0 saturated heterocycles. The Balaban J connectivity index is 1.91. The van der Waals surface area contributed by atoms with E-state index in [0.717, 1.165) is 6.42 Å². The molecule has 1 amide bonds. The third-order valence-corrected chi connectivity index (χ3v) is 5.19. The first-order valence-electron chi connectivity index (χ1n) is 8.40. The van der Waals surface area contributed by atoms with Crippen LogP contribution in [0.25, 0.3) is 0 Å². The number of esters is 1. The Morgan fingerprint density at radius 3 is 2.48 bits per heavy atom. The fraction of sp³-hybridized carbons (Fsp3) is 0.333. The predicted molar refractivity (Wildman–Crippen MR) is 97.4 cm³/mol. The first kappa shape index (κ1) is 20.7. The molecule has 2 rings (SSSR count). The molecule has 0 fully saturated rings. The third kappa shape index (κ3) is 6.22. The second-order valence-corrected chi connectivity index (χ2v) is 7.65. The first-order chi connectivity index (χ1) is 12.8. The van der Waals surface area contributed by atoms with Crippen molar-refractivity contribution >= 4 is 21.9 Å².